The van der Waals surface area contributed by atoms with Crippen molar-refractivity contribution in [1.82, 2.24) is 9.97 Å². The molecule has 24 heavy (non-hydrogen) atoms. The fourth-order valence-electron chi connectivity index (χ4n) is 2.47. The standard InChI is InChI=1S/C18H18ClN3OS/c1-3-6-15(23)22(11-13-7-4-5-10-20-13)18-21-16-12(2)8-9-14(19)17(16)24-18/h4-5,7-10H,3,6,11H2,1-2H3. The molecule has 0 fully saturated rings. The third-order valence-electron chi connectivity index (χ3n) is 3.73. The van der Waals surface area contributed by atoms with Crippen LogP contribution in [-0.4, -0.2) is 15.9 Å². The Kier molecular flexibility index (Phi) is 5.11. The van der Waals surface area contributed by atoms with Crippen molar-refractivity contribution in [1.29, 1.82) is 0 Å². The van der Waals surface area contributed by atoms with Gasteiger partial charge in [-0.3, -0.25) is 14.7 Å². The molecule has 4 nitrogen and oxygen atoms in total. The van der Waals surface area contributed by atoms with Gasteiger partial charge in [-0.1, -0.05) is 42.0 Å². The molecule has 3 aromatic rings. The number of anilines is 1. The van der Waals surface area contributed by atoms with E-state index in [0.717, 1.165) is 27.9 Å². The van der Waals surface area contributed by atoms with Crippen LogP contribution in [0.4, 0.5) is 5.13 Å². The van der Waals surface area contributed by atoms with Crippen LogP contribution in [0, 0.1) is 6.92 Å². The van der Waals surface area contributed by atoms with Gasteiger partial charge in [0.1, 0.15) is 0 Å². The van der Waals surface area contributed by atoms with E-state index in [1.807, 2.05) is 44.2 Å². The summed E-state index contributed by atoms with van der Waals surface area (Å²) in [5.41, 5.74) is 2.75. The van der Waals surface area contributed by atoms with Crippen LogP contribution in [0.15, 0.2) is 36.5 Å². The summed E-state index contributed by atoms with van der Waals surface area (Å²) in [5.74, 6) is 0.0518. The van der Waals surface area contributed by atoms with Crippen LogP contribution in [0.25, 0.3) is 10.2 Å². The Morgan fingerprint density at radius 2 is 2.12 bits per heavy atom. The first-order valence-corrected chi connectivity index (χ1v) is 9.05. The number of rotatable bonds is 5. The smallest absolute Gasteiger partial charge is 0.229 e. The summed E-state index contributed by atoms with van der Waals surface area (Å²) >= 11 is 7.76. The Labute approximate surface area is 150 Å². The first kappa shape index (κ1) is 16.9. The number of carbonyl (C=O) groups excluding carboxylic acids is 1. The molecule has 0 bridgehead atoms. The Balaban J connectivity index is 2.03. The van der Waals surface area contributed by atoms with Crippen molar-refractivity contribution in [2.24, 2.45) is 0 Å². The third kappa shape index (κ3) is 3.42. The predicted octanol–water partition coefficient (Wildman–Crippen LogP) is 4.99. The van der Waals surface area contributed by atoms with Crippen molar-refractivity contribution in [2.75, 3.05) is 4.90 Å². The van der Waals surface area contributed by atoms with E-state index < -0.39 is 0 Å². The van der Waals surface area contributed by atoms with Gasteiger partial charge in [-0.2, -0.15) is 0 Å². The topological polar surface area (TPSA) is 46.1 Å². The number of hydrogen-bond donors (Lipinski definition) is 0. The average molecular weight is 360 g/mol. The van der Waals surface area contributed by atoms with Crippen molar-refractivity contribution in [3.8, 4) is 0 Å². The second-order valence-corrected chi connectivity index (χ2v) is 6.97. The van der Waals surface area contributed by atoms with E-state index in [2.05, 4.69) is 9.97 Å². The second-order valence-electron chi connectivity index (χ2n) is 5.59. The molecule has 1 amide bonds. The van der Waals surface area contributed by atoms with Crippen LogP contribution in [0.5, 0.6) is 0 Å². The number of pyridine rings is 1. The number of aryl methyl sites for hydroxylation is 1. The molecule has 0 saturated heterocycles. The molecule has 0 atom stereocenters. The SMILES string of the molecule is CCCC(=O)N(Cc1ccccn1)c1nc2c(C)ccc(Cl)c2s1. The van der Waals surface area contributed by atoms with Gasteiger partial charge in [-0.25, -0.2) is 4.98 Å². The summed E-state index contributed by atoms with van der Waals surface area (Å²) in [4.78, 5) is 23.4. The van der Waals surface area contributed by atoms with Gasteiger partial charge in [0.2, 0.25) is 5.91 Å². The number of thiazole rings is 1. The molecule has 0 N–H and O–H groups in total. The number of amides is 1. The highest BCUT2D eigenvalue weighted by atomic mass is 35.5. The van der Waals surface area contributed by atoms with Gasteiger partial charge < -0.3 is 0 Å². The Bertz CT molecular complexity index is 824. The van der Waals surface area contributed by atoms with Gasteiger partial charge in [-0.15, -0.1) is 0 Å². The Morgan fingerprint density at radius 1 is 1.29 bits per heavy atom. The van der Waals surface area contributed by atoms with Crippen LogP contribution in [-0.2, 0) is 11.3 Å². The lowest BCUT2D eigenvalue weighted by atomic mass is 10.2. The summed E-state index contributed by atoms with van der Waals surface area (Å²) in [5, 5.41) is 1.34. The molecule has 0 aliphatic heterocycles. The molecule has 0 radical (unpaired) electrons. The molecule has 0 aliphatic rings. The largest absolute Gasteiger partial charge is 0.282 e. The van der Waals surface area contributed by atoms with E-state index in [-0.39, 0.29) is 5.91 Å². The lowest BCUT2D eigenvalue weighted by Gasteiger charge is -2.19. The van der Waals surface area contributed by atoms with Gasteiger partial charge in [0.05, 0.1) is 27.5 Å². The van der Waals surface area contributed by atoms with Crippen LogP contribution in [0.3, 0.4) is 0 Å². The monoisotopic (exact) mass is 359 g/mol. The number of halogens is 1. The number of nitrogens with zero attached hydrogens (tertiary/aromatic N) is 3. The number of benzene rings is 1. The van der Waals surface area contributed by atoms with Crippen LogP contribution >= 0.6 is 22.9 Å². The van der Waals surface area contributed by atoms with Crippen LogP contribution in [0.1, 0.15) is 31.0 Å². The fourth-order valence-corrected chi connectivity index (χ4v) is 3.80. The van der Waals surface area contributed by atoms with E-state index in [0.29, 0.717) is 23.1 Å². The third-order valence-corrected chi connectivity index (χ3v) is 5.27. The van der Waals surface area contributed by atoms with Crippen LogP contribution < -0.4 is 4.90 Å². The molecule has 2 aromatic heterocycles. The average Bonchev–Trinajstić information content (AvgIpc) is 3.03. The molecule has 124 valence electrons. The van der Waals surface area contributed by atoms with Gasteiger partial charge in [-0.05, 0) is 37.1 Å². The Morgan fingerprint density at radius 3 is 2.79 bits per heavy atom. The molecule has 0 saturated carbocycles. The maximum Gasteiger partial charge on any atom is 0.229 e. The maximum atomic E-state index is 12.6. The van der Waals surface area contributed by atoms with Gasteiger partial charge in [0, 0.05) is 12.6 Å². The minimum Gasteiger partial charge on any atom is -0.282 e. The second kappa shape index (κ2) is 7.28. The highest BCUT2D eigenvalue weighted by Gasteiger charge is 2.21. The highest BCUT2D eigenvalue weighted by molar-refractivity contribution is 7.23. The summed E-state index contributed by atoms with van der Waals surface area (Å²) < 4.78 is 0.919. The molecule has 0 spiro atoms. The number of aromatic nitrogens is 2. The lowest BCUT2D eigenvalue weighted by molar-refractivity contribution is -0.118. The zero-order valence-electron chi connectivity index (χ0n) is 13.6. The summed E-state index contributed by atoms with van der Waals surface area (Å²) in [6.45, 7) is 4.41. The van der Waals surface area contributed by atoms with Crippen molar-refractivity contribution < 1.29 is 4.79 Å². The number of hydrogen-bond acceptors (Lipinski definition) is 4. The summed E-state index contributed by atoms with van der Waals surface area (Å²) in [6.07, 6.45) is 3.01. The highest BCUT2D eigenvalue weighted by Crippen LogP contribution is 2.36. The minimum atomic E-state index is 0.0518. The van der Waals surface area contributed by atoms with Crippen LogP contribution in [0.2, 0.25) is 5.02 Å². The zero-order valence-corrected chi connectivity index (χ0v) is 15.2. The van der Waals surface area contributed by atoms with Crippen molar-refractivity contribution in [3.05, 3.63) is 52.8 Å². The maximum absolute atomic E-state index is 12.6. The van der Waals surface area contributed by atoms with E-state index in [1.54, 1.807) is 11.1 Å². The van der Waals surface area contributed by atoms with Crippen molar-refractivity contribution >= 4 is 44.2 Å². The van der Waals surface area contributed by atoms with Gasteiger partial charge >= 0.3 is 0 Å². The van der Waals surface area contributed by atoms with E-state index in [1.165, 1.54) is 11.3 Å². The number of fused-ring (bicyclic) bond motifs is 1. The molecule has 0 aliphatic carbocycles. The lowest BCUT2D eigenvalue weighted by Crippen LogP contribution is -2.30. The quantitative estimate of drug-likeness (QED) is 0.645. The van der Waals surface area contributed by atoms with E-state index >= 15 is 0 Å². The zero-order chi connectivity index (χ0) is 17.1. The number of carbonyl (C=O) groups is 1. The first-order valence-electron chi connectivity index (χ1n) is 7.86. The molecule has 0 unspecified atom stereocenters. The molecule has 6 heteroatoms. The fraction of sp³-hybridized carbons (Fsp3) is 0.278. The van der Waals surface area contributed by atoms with Crippen molar-refractivity contribution in [3.63, 3.8) is 0 Å². The predicted molar refractivity (Wildman–Crippen MR) is 99.7 cm³/mol. The molecule has 2 heterocycles. The van der Waals surface area contributed by atoms with Gasteiger partial charge in [0.15, 0.2) is 5.13 Å². The molecule has 1 aromatic carbocycles. The molecular weight excluding hydrogens is 342 g/mol. The minimum absolute atomic E-state index is 0.0518. The summed E-state index contributed by atoms with van der Waals surface area (Å²) in [6, 6.07) is 9.52. The molecular formula is C18H18ClN3OS. The Hall–Kier alpha value is -1.98. The normalized spacial score (nSPS) is 11.0. The van der Waals surface area contributed by atoms with Crippen molar-refractivity contribution in [2.45, 2.75) is 33.2 Å². The van der Waals surface area contributed by atoms with Gasteiger partial charge in [0.25, 0.3) is 0 Å². The van der Waals surface area contributed by atoms with E-state index in [9.17, 15) is 4.79 Å². The van der Waals surface area contributed by atoms with E-state index in [4.69, 9.17) is 11.6 Å². The molecule has 3 rings (SSSR count). The first-order chi connectivity index (χ1) is 11.6. The summed E-state index contributed by atoms with van der Waals surface area (Å²) in [7, 11) is 0.